The van der Waals surface area contributed by atoms with Crippen LogP contribution in [0.3, 0.4) is 0 Å². The van der Waals surface area contributed by atoms with Gasteiger partial charge in [0.15, 0.2) is 0 Å². The molecule has 1 N–H and O–H groups in total. The van der Waals surface area contributed by atoms with Crippen molar-refractivity contribution in [2.45, 2.75) is 26.3 Å². The van der Waals surface area contributed by atoms with Crippen LogP contribution >= 0.6 is 23.2 Å². The quantitative estimate of drug-likeness (QED) is 0.737. The normalized spacial score (nSPS) is 11.4. The molecule has 0 saturated heterocycles. The topological polar surface area (TPSA) is 46.9 Å². The molecule has 1 aromatic carbocycles. The third-order valence-electron chi connectivity index (χ3n) is 3.20. The zero-order valence-electron chi connectivity index (χ0n) is 12.2. The van der Waals surface area contributed by atoms with Crippen LogP contribution in [0.2, 0.25) is 10.0 Å². The molecule has 24 heavy (non-hydrogen) atoms. The number of nitrogens with zero attached hydrogens (tertiary/aromatic N) is 2. The van der Waals surface area contributed by atoms with Crippen LogP contribution in [0.1, 0.15) is 29.8 Å². The van der Waals surface area contributed by atoms with E-state index in [0.717, 1.165) is 0 Å². The number of benzene rings is 1. The van der Waals surface area contributed by atoms with Crippen molar-refractivity contribution in [2.75, 3.05) is 5.32 Å². The fourth-order valence-corrected chi connectivity index (χ4v) is 2.48. The Hall–Kier alpha value is -1.80. The lowest BCUT2D eigenvalue weighted by atomic mass is 10.2. The molecule has 0 radical (unpaired) electrons. The summed E-state index contributed by atoms with van der Waals surface area (Å²) in [5.74, 6) is -0.734. The molecule has 2 rings (SSSR count). The zero-order chi connectivity index (χ0) is 18.0. The van der Waals surface area contributed by atoms with Crippen LogP contribution in [-0.2, 0) is 11.3 Å². The smallest absolute Gasteiger partial charge is 0.283 e. The lowest BCUT2D eigenvalue weighted by Gasteiger charge is -2.11. The van der Waals surface area contributed by atoms with Crippen molar-refractivity contribution in [1.82, 2.24) is 9.78 Å². The molecule has 4 nitrogen and oxygen atoms in total. The fourth-order valence-electron chi connectivity index (χ4n) is 2.01. The van der Waals surface area contributed by atoms with Gasteiger partial charge in [0.05, 0.1) is 5.02 Å². The SMILES string of the molecule is Cc1c(Cl)cccc1NC(=O)Cn1nc(C(F)F)c(Cl)c1C(F)F. The van der Waals surface area contributed by atoms with Gasteiger partial charge >= 0.3 is 0 Å². The third kappa shape index (κ3) is 3.81. The number of nitrogens with one attached hydrogen (secondary N) is 1. The van der Waals surface area contributed by atoms with Crippen molar-refractivity contribution in [1.29, 1.82) is 0 Å². The summed E-state index contributed by atoms with van der Waals surface area (Å²) in [7, 11) is 0. The van der Waals surface area contributed by atoms with E-state index < -0.39 is 41.7 Å². The van der Waals surface area contributed by atoms with Gasteiger partial charge in [0, 0.05) is 10.7 Å². The highest BCUT2D eigenvalue weighted by molar-refractivity contribution is 6.32. The molecular formula is C14H11Cl2F4N3O. The van der Waals surface area contributed by atoms with E-state index in [4.69, 9.17) is 23.2 Å². The molecule has 10 heteroatoms. The Labute approximate surface area is 144 Å². The molecule has 0 aliphatic heterocycles. The number of carbonyl (C=O) groups excluding carboxylic acids is 1. The van der Waals surface area contributed by atoms with Crippen molar-refractivity contribution >= 4 is 34.8 Å². The summed E-state index contributed by atoms with van der Waals surface area (Å²) in [5, 5.41) is 5.35. The number of rotatable bonds is 5. The number of halogens is 6. The average molecular weight is 384 g/mol. The van der Waals surface area contributed by atoms with E-state index >= 15 is 0 Å². The summed E-state index contributed by atoms with van der Waals surface area (Å²) in [5.41, 5.74) is -0.963. The van der Waals surface area contributed by atoms with Gasteiger partial charge in [-0.05, 0) is 24.6 Å². The first-order valence-electron chi connectivity index (χ1n) is 6.59. The summed E-state index contributed by atoms with van der Waals surface area (Å²) in [4.78, 5) is 12.0. The molecule has 0 unspecified atom stereocenters. The van der Waals surface area contributed by atoms with Gasteiger partial charge in [0.1, 0.15) is 17.9 Å². The highest BCUT2D eigenvalue weighted by atomic mass is 35.5. The van der Waals surface area contributed by atoms with Crippen molar-refractivity contribution in [2.24, 2.45) is 0 Å². The van der Waals surface area contributed by atoms with Gasteiger partial charge in [0.2, 0.25) is 5.91 Å². The molecule has 1 aromatic heterocycles. The summed E-state index contributed by atoms with van der Waals surface area (Å²) < 4.78 is 52.0. The Kier molecular flexibility index (Phi) is 5.71. The number of amides is 1. The van der Waals surface area contributed by atoms with Crippen molar-refractivity contribution in [3.63, 3.8) is 0 Å². The second kappa shape index (κ2) is 7.40. The van der Waals surface area contributed by atoms with Crippen molar-refractivity contribution < 1.29 is 22.4 Å². The standard InChI is InChI=1S/C14H11Cl2F4N3O/c1-6-7(15)3-2-4-8(6)21-9(24)5-23-12(14(19)20)10(16)11(22-23)13(17)18/h2-4,13-14H,5H2,1H3,(H,21,24). The van der Waals surface area contributed by atoms with Gasteiger partial charge in [0.25, 0.3) is 12.9 Å². The van der Waals surface area contributed by atoms with Gasteiger partial charge < -0.3 is 5.32 Å². The number of hydrogen-bond acceptors (Lipinski definition) is 2. The maximum absolute atomic E-state index is 13.0. The number of hydrogen-bond donors (Lipinski definition) is 1. The minimum absolute atomic E-state index is 0.374. The van der Waals surface area contributed by atoms with Crippen LogP contribution in [0.15, 0.2) is 18.2 Å². The van der Waals surface area contributed by atoms with Crippen LogP contribution < -0.4 is 5.32 Å². The van der Waals surface area contributed by atoms with E-state index in [1.165, 1.54) is 0 Å². The van der Waals surface area contributed by atoms with Crippen LogP contribution in [0.25, 0.3) is 0 Å². The number of aromatic nitrogens is 2. The molecular weight excluding hydrogens is 373 g/mol. The molecule has 2 aromatic rings. The summed E-state index contributed by atoms with van der Waals surface area (Å²) >= 11 is 11.4. The van der Waals surface area contributed by atoms with E-state index in [-0.39, 0.29) is 0 Å². The first-order valence-corrected chi connectivity index (χ1v) is 7.35. The fraction of sp³-hybridized carbons (Fsp3) is 0.286. The van der Waals surface area contributed by atoms with E-state index in [0.29, 0.717) is 21.0 Å². The molecule has 0 aliphatic carbocycles. The third-order valence-corrected chi connectivity index (χ3v) is 4.00. The second-order valence-electron chi connectivity index (χ2n) is 4.80. The van der Waals surface area contributed by atoms with E-state index in [9.17, 15) is 22.4 Å². The highest BCUT2D eigenvalue weighted by Gasteiger charge is 2.28. The highest BCUT2D eigenvalue weighted by Crippen LogP contribution is 2.34. The molecule has 0 bridgehead atoms. The van der Waals surface area contributed by atoms with Crippen molar-refractivity contribution in [3.8, 4) is 0 Å². The predicted octanol–water partition coefficient (Wildman–Crippen LogP) is 5.01. The maximum Gasteiger partial charge on any atom is 0.283 e. The van der Waals surface area contributed by atoms with Gasteiger partial charge in [-0.1, -0.05) is 29.3 Å². The minimum atomic E-state index is -3.15. The Morgan fingerprint density at radius 3 is 2.50 bits per heavy atom. The Balaban J connectivity index is 2.25. The van der Waals surface area contributed by atoms with Gasteiger partial charge in [-0.15, -0.1) is 0 Å². The van der Waals surface area contributed by atoms with E-state index in [2.05, 4.69) is 10.4 Å². The maximum atomic E-state index is 13.0. The molecule has 130 valence electrons. The second-order valence-corrected chi connectivity index (χ2v) is 5.59. The molecule has 1 heterocycles. The number of anilines is 1. The predicted molar refractivity (Wildman–Crippen MR) is 82.0 cm³/mol. The molecule has 0 atom stereocenters. The first kappa shape index (κ1) is 18.5. The summed E-state index contributed by atoms with van der Waals surface area (Å²) in [6.45, 7) is 0.959. The number of alkyl halides is 4. The number of carbonyl (C=O) groups is 1. The van der Waals surface area contributed by atoms with Gasteiger partial charge in [-0.25, -0.2) is 17.6 Å². The lowest BCUT2D eigenvalue weighted by Crippen LogP contribution is -2.21. The largest absolute Gasteiger partial charge is 0.324 e. The van der Waals surface area contributed by atoms with E-state index in [1.54, 1.807) is 25.1 Å². The van der Waals surface area contributed by atoms with Crippen molar-refractivity contribution in [3.05, 3.63) is 45.2 Å². The summed E-state index contributed by atoms with van der Waals surface area (Å²) in [6, 6.07) is 4.77. The zero-order valence-corrected chi connectivity index (χ0v) is 13.7. The lowest BCUT2D eigenvalue weighted by molar-refractivity contribution is -0.117. The minimum Gasteiger partial charge on any atom is -0.324 e. The Bertz CT molecular complexity index is 765. The molecule has 0 aliphatic rings. The molecule has 0 spiro atoms. The van der Waals surface area contributed by atoms with Crippen LogP contribution in [-0.4, -0.2) is 15.7 Å². The van der Waals surface area contributed by atoms with Gasteiger partial charge in [-0.3, -0.25) is 9.48 Å². The Morgan fingerprint density at radius 1 is 1.25 bits per heavy atom. The first-order chi connectivity index (χ1) is 11.2. The van der Waals surface area contributed by atoms with Crippen LogP contribution in [0.4, 0.5) is 23.2 Å². The monoisotopic (exact) mass is 383 g/mol. The Morgan fingerprint density at radius 2 is 1.92 bits per heavy atom. The molecule has 0 saturated carbocycles. The van der Waals surface area contributed by atoms with Gasteiger partial charge in [-0.2, -0.15) is 5.10 Å². The van der Waals surface area contributed by atoms with Crippen LogP contribution in [0, 0.1) is 6.92 Å². The van der Waals surface area contributed by atoms with E-state index in [1.807, 2.05) is 0 Å². The molecule has 1 amide bonds. The molecule has 0 fully saturated rings. The van der Waals surface area contributed by atoms with Crippen LogP contribution in [0.5, 0.6) is 0 Å². The summed E-state index contributed by atoms with van der Waals surface area (Å²) in [6.07, 6.45) is -6.28. The average Bonchev–Trinajstić information content (AvgIpc) is 2.80.